The monoisotopic (exact) mass is 266 g/mol. The molecule has 1 atom stereocenters. The number of nitrogens with zero attached hydrogens (tertiary/aromatic N) is 1. The molecule has 0 aliphatic rings. The zero-order valence-corrected chi connectivity index (χ0v) is 12.7. The third kappa shape index (κ3) is 4.80. The molecule has 108 valence electrons. The second kappa shape index (κ2) is 7.46. The number of rotatable bonds is 8. The van der Waals surface area contributed by atoms with Gasteiger partial charge in [0.2, 0.25) is 0 Å². The third-order valence-electron chi connectivity index (χ3n) is 3.24. The fourth-order valence-corrected chi connectivity index (χ4v) is 2.00. The van der Waals surface area contributed by atoms with Gasteiger partial charge in [-0.2, -0.15) is 0 Å². The van der Waals surface area contributed by atoms with E-state index in [-0.39, 0.29) is 11.6 Å². The molecule has 1 N–H and O–H groups in total. The Kier molecular flexibility index (Phi) is 6.25. The lowest BCUT2D eigenvalue weighted by molar-refractivity contribution is 0.00632. The molecule has 4 heteroatoms. The highest BCUT2D eigenvalue weighted by Crippen LogP contribution is 2.30. The van der Waals surface area contributed by atoms with Gasteiger partial charge in [0.15, 0.2) is 0 Å². The molecule has 0 aliphatic heterocycles. The van der Waals surface area contributed by atoms with Gasteiger partial charge in [-0.15, -0.1) is 0 Å². The number of hydrogen-bond acceptors (Lipinski definition) is 4. The zero-order chi connectivity index (χ0) is 14.3. The van der Waals surface area contributed by atoms with Gasteiger partial charge in [0.25, 0.3) is 0 Å². The molecule has 4 nitrogen and oxygen atoms in total. The van der Waals surface area contributed by atoms with Crippen molar-refractivity contribution in [1.82, 2.24) is 10.3 Å². The highest BCUT2D eigenvalue weighted by molar-refractivity contribution is 5.29. The zero-order valence-electron chi connectivity index (χ0n) is 12.7. The molecule has 19 heavy (non-hydrogen) atoms. The molecule has 0 fully saturated rings. The normalized spacial score (nSPS) is 13.3. The van der Waals surface area contributed by atoms with Gasteiger partial charge in [0, 0.05) is 13.3 Å². The number of aromatic nitrogens is 1. The van der Waals surface area contributed by atoms with E-state index < -0.39 is 0 Å². The minimum atomic E-state index is -0.200. The Morgan fingerprint density at radius 1 is 1.37 bits per heavy atom. The van der Waals surface area contributed by atoms with Crippen LogP contribution in [-0.2, 0) is 4.74 Å². The molecule has 0 aromatic carbocycles. The molecule has 0 radical (unpaired) electrons. The molecule has 0 amide bonds. The maximum Gasteiger partial charge on any atom is 0.141 e. The first-order valence-corrected chi connectivity index (χ1v) is 6.81. The minimum Gasteiger partial charge on any atom is -0.495 e. The molecule has 0 aliphatic carbocycles. The summed E-state index contributed by atoms with van der Waals surface area (Å²) in [5.74, 6) is 0.822. The molecular formula is C15H26N2O2. The summed E-state index contributed by atoms with van der Waals surface area (Å²) >= 11 is 0. The lowest BCUT2D eigenvalue weighted by Crippen LogP contribution is -2.33. The van der Waals surface area contributed by atoms with Crippen molar-refractivity contribution < 1.29 is 9.47 Å². The Balaban J connectivity index is 2.95. The van der Waals surface area contributed by atoms with Crippen LogP contribution in [0.1, 0.15) is 45.3 Å². The summed E-state index contributed by atoms with van der Waals surface area (Å²) in [7, 11) is 3.42. The quantitative estimate of drug-likeness (QED) is 0.785. The lowest BCUT2D eigenvalue weighted by atomic mass is 9.95. The second-order valence-corrected chi connectivity index (χ2v) is 5.27. The topological polar surface area (TPSA) is 43.4 Å². The van der Waals surface area contributed by atoms with Crippen LogP contribution >= 0.6 is 0 Å². The molecule has 0 saturated carbocycles. The van der Waals surface area contributed by atoms with Gasteiger partial charge < -0.3 is 14.8 Å². The van der Waals surface area contributed by atoms with Crippen molar-refractivity contribution in [1.29, 1.82) is 0 Å². The number of methoxy groups -OCH3 is 2. The molecule has 1 aromatic rings. The first-order valence-electron chi connectivity index (χ1n) is 6.81. The largest absolute Gasteiger partial charge is 0.495 e. The average Bonchev–Trinajstić information content (AvgIpc) is 2.43. The Labute approximate surface area is 116 Å². The standard InChI is InChI=1S/C15H26N2O2/c1-6-9-16-12(11-15(2,3)19-5)14-13(18-4)8-7-10-17-14/h7-8,10,12,16H,6,9,11H2,1-5H3. The molecule has 0 saturated heterocycles. The third-order valence-corrected chi connectivity index (χ3v) is 3.24. The molecule has 0 spiro atoms. The Hall–Kier alpha value is -1.13. The average molecular weight is 266 g/mol. The van der Waals surface area contributed by atoms with E-state index in [0.717, 1.165) is 30.8 Å². The van der Waals surface area contributed by atoms with Crippen molar-refractivity contribution in [3.05, 3.63) is 24.0 Å². The first-order chi connectivity index (χ1) is 9.04. The van der Waals surface area contributed by atoms with Crippen LogP contribution in [0.5, 0.6) is 5.75 Å². The van der Waals surface area contributed by atoms with E-state index in [1.54, 1.807) is 20.4 Å². The maximum atomic E-state index is 5.53. The van der Waals surface area contributed by atoms with Crippen LogP contribution in [0.25, 0.3) is 0 Å². The smallest absolute Gasteiger partial charge is 0.141 e. The van der Waals surface area contributed by atoms with Crippen molar-refractivity contribution in [2.45, 2.75) is 45.3 Å². The van der Waals surface area contributed by atoms with E-state index in [0.29, 0.717) is 0 Å². The van der Waals surface area contributed by atoms with Gasteiger partial charge in [0.1, 0.15) is 5.75 Å². The first kappa shape index (κ1) is 15.9. The summed E-state index contributed by atoms with van der Waals surface area (Å²) in [6.07, 6.45) is 3.73. The van der Waals surface area contributed by atoms with Crippen molar-refractivity contribution in [3.63, 3.8) is 0 Å². The van der Waals surface area contributed by atoms with Crippen molar-refractivity contribution in [3.8, 4) is 5.75 Å². The Bertz CT molecular complexity index is 380. The SMILES string of the molecule is CCCNC(CC(C)(C)OC)c1ncccc1OC. The summed E-state index contributed by atoms with van der Waals surface area (Å²) in [6.45, 7) is 7.28. The molecule has 0 bridgehead atoms. The van der Waals surface area contributed by atoms with Gasteiger partial charge in [-0.25, -0.2) is 0 Å². The van der Waals surface area contributed by atoms with Crippen LogP contribution in [0.4, 0.5) is 0 Å². The number of nitrogens with one attached hydrogen (secondary N) is 1. The van der Waals surface area contributed by atoms with Gasteiger partial charge in [-0.05, 0) is 45.4 Å². The molecular weight excluding hydrogens is 240 g/mol. The minimum absolute atomic E-state index is 0.131. The molecule has 1 heterocycles. The van der Waals surface area contributed by atoms with Crippen LogP contribution in [-0.4, -0.2) is 31.3 Å². The van der Waals surface area contributed by atoms with Crippen molar-refractivity contribution in [2.75, 3.05) is 20.8 Å². The van der Waals surface area contributed by atoms with Gasteiger partial charge >= 0.3 is 0 Å². The molecule has 1 unspecified atom stereocenters. The van der Waals surface area contributed by atoms with Crippen LogP contribution < -0.4 is 10.1 Å². The summed E-state index contributed by atoms with van der Waals surface area (Å²) in [4.78, 5) is 4.48. The summed E-state index contributed by atoms with van der Waals surface area (Å²) in [5, 5.41) is 3.53. The molecule has 1 rings (SSSR count). The second-order valence-electron chi connectivity index (χ2n) is 5.27. The number of pyridine rings is 1. The predicted octanol–water partition coefficient (Wildman–Crippen LogP) is 2.95. The maximum absolute atomic E-state index is 5.53. The Morgan fingerprint density at radius 3 is 2.68 bits per heavy atom. The van der Waals surface area contributed by atoms with E-state index in [9.17, 15) is 0 Å². The van der Waals surface area contributed by atoms with Crippen LogP contribution in [0.2, 0.25) is 0 Å². The van der Waals surface area contributed by atoms with E-state index in [4.69, 9.17) is 9.47 Å². The van der Waals surface area contributed by atoms with E-state index in [1.807, 2.05) is 12.1 Å². The van der Waals surface area contributed by atoms with Gasteiger partial charge in [0.05, 0.1) is 24.4 Å². The number of ether oxygens (including phenoxy) is 2. The van der Waals surface area contributed by atoms with Crippen LogP contribution in [0, 0.1) is 0 Å². The van der Waals surface area contributed by atoms with Crippen molar-refractivity contribution in [2.24, 2.45) is 0 Å². The summed E-state index contributed by atoms with van der Waals surface area (Å²) in [6, 6.07) is 3.97. The predicted molar refractivity (Wildman–Crippen MR) is 77.5 cm³/mol. The molecule has 1 aromatic heterocycles. The van der Waals surface area contributed by atoms with Gasteiger partial charge in [-0.3, -0.25) is 4.98 Å². The fraction of sp³-hybridized carbons (Fsp3) is 0.667. The number of hydrogen-bond donors (Lipinski definition) is 1. The van der Waals surface area contributed by atoms with Crippen LogP contribution in [0.15, 0.2) is 18.3 Å². The Morgan fingerprint density at radius 2 is 2.11 bits per heavy atom. The van der Waals surface area contributed by atoms with Crippen molar-refractivity contribution >= 4 is 0 Å². The van der Waals surface area contributed by atoms with E-state index >= 15 is 0 Å². The fourth-order valence-electron chi connectivity index (χ4n) is 2.00. The van der Waals surface area contributed by atoms with E-state index in [2.05, 4.69) is 31.1 Å². The van der Waals surface area contributed by atoms with E-state index in [1.165, 1.54) is 0 Å². The highest BCUT2D eigenvalue weighted by atomic mass is 16.5. The summed E-state index contributed by atoms with van der Waals surface area (Å²) < 4.78 is 10.9. The highest BCUT2D eigenvalue weighted by Gasteiger charge is 2.26. The van der Waals surface area contributed by atoms with Gasteiger partial charge in [-0.1, -0.05) is 6.92 Å². The lowest BCUT2D eigenvalue weighted by Gasteiger charge is -2.29. The van der Waals surface area contributed by atoms with Crippen LogP contribution in [0.3, 0.4) is 0 Å². The summed E-state index contributed by atoms with van der Waals surface area (Å²) in [5.41, 5.74) is 0.747.